The highest BCUT2D eigenvalue weighted by Crippen LogP contribution is 2.31. The molecule has 1 aromatic heterocycles. The third-order valence-corrected chi connectivity index (χ3v) is 2.56. The molecule has 0 bridgehead atoms. The molecule has 0 spiro atoms. The van der Waals surface area contributed by atoms with Crippen LogP contribution in [-0.4, -0.2) is 15.2 Å². The van der Waals surface area contributed by atoms with E-state index in [2.05, 4.69) is 26.1 Å². The summed E-state index contributed by atoms with van der Waals surface area (Å²) in [5.41, 5.74) is 5.43. The second-order valence-corrected chi connectivity index (χ2v) is 3.85. The van der Waals surface area contributed by atoms with Gasteiger partial charge in [-0.1, -0.05) is 5.16 Å². The highest BCUT2D eigenvalue weighted by atomic mass is 79.9. The molecule has 16 heavy (non-hydrogen) atoms. The Kier molecular flexibility index (Phi) is 2.88. The van der Waals surface area contributed by atoms with E-state index in [1.54, 1.807) is 0 Å². The smallest absolute Gasteiger partial charge is 0.240 e. The number of phenolic OH excluding ortho intramolecular Hbond substituents is 1. The predicted octanol–water partition coefficient (Wildman–Crippen LogP) is 1.80. The van der Waals surface area contributed by atoms with Gasteiger partial charge in [-0.05, 0) is 22.0 Å². The second kappa shape index (κ2) is 4.18. The molecule has 0 aliphatic carbocycles. The SMILES string of the molecule is NCc1nc(-c2cc(Br)c(O)cc2F)no1. The highest BCUT2D eigenvalue weighted by molar-refractivity contribution is 9.10. The van der Waals surface area contributed by atoms with Crippen LogP contribution >= 0.6 is 15.9 Å². The van der Waals surface area contributed by atoms with Crippen LogP contribution in [-0.2, 0) is 6.54 Å². The fourth-order valence-electron chi connectivity index (χ4n) is 1.15. The lowest BCUT2D eigenvalue weighted by Gasteiger charge is -2.00. The van der Waals surface area contributed by atoms with Crippen LogP contribution in [0.4, 0.5) is 4.39 Å². The summed E-state index contributed by atoms with van der Waals surface area (Å²) in [5.74, 6) is -0.508. The number of aromatic nitrogens is 2. The first-order valence-electron chi connectivity index (χ1n) is 4.33. The first kappa shape index (κ1) is 11.0. The van der Waals surface area contributed by atoms with Crippen LogP contribution in [0.15, 0.2) is 21.1 Å². The lowest BCUT2D eigenvalue weighted by molar-refractivity contribution is 0.380. The Morgan fingerprint density at radius 2 is 2.25 bits per heavy atom. The summed E-state index contributed by atoms with van der Waals surface area (Å²) in [6, 6.07) is 2.34. The third-order valence-electron chi connectivity index (χ3n) is 1.92. The topological polar surface area (TPSA) is 85.2 Å². The van der Waals surface area contributed by atoms with Gasteiger partial charge in [0.25, 0.3) is 0 Å². The van der Waals surface area contributed by atoms with E-state index >= 15 is 0 Å². The zero-order valence-electron chi connectivity index (χ0n) is 7.94. The number of halogens is 2. The van der Waals surface area contributed by atoms with Crippen molar-refractivity contribution in [2.75, 3.05) is 0 Å². The summed E-state index contributed by atoms with van der Waals surface area (Å²) in [4.78, 5) is 3.89. The number of hydrogen-bond donors (Lipinski definition) is 2. The monoisotopic (exact) mass is 287 g/mol. The summed E-state index contributed by atoms with van der Waals surface area (Å²) >= 11 is 3.07. The maximum Gasteiger partial charge on any atom is 0.240 e. The van der Waals surface area contributed by atoms with Gasteiger partial charge in [-0.3, -0.25) is 0 Å². The third kappa shape index (κ3) is 1.91. The molecule has 1 aromatic carbocycles. The lowest BCUT2D eigenvalue weighted by atomic mass is 10.2. The maximum atomic E-state index is 13.5. The van der Waals surface area contributed by atoms with Crippen molar-refractivity contribution in [2.45, 2.75) is 6.54 Å². The Hall–Kier alpha value is -1.47. The number of nitrogens with zero attached hydrogens (tertiary/aromatic N) is 2. The van der Waals surface area contributed by atoms with E-state index in [1.165, 1.54) is 6.07 Å². The summed E-state index contributed by atoms with van der Waals surface area (Å²) in [7, 11) is 0. The fourth-order valence-corrected chi connectivity index (χ4v) is 1.50. The van der Waals surface area contributed by atoms with Crippen LogP contribution in [0.25, 0.3) is 11.4 Å². The molecular weight excluding hydrogens is 281 g/mol. The molecule has 2 rings (SSSR count). The van der Waals surface area contributed by atoms with E-state index in [0.717, 1.165) is 6.07 Å². The minimum Gasteiger partial charge on any atom is -0.507 e. The second-order valence-electron chi connectivity index (χ2n) is 3.00. The van der Waals surface area contributed by atoms with Crippen LogP contribution in [0.3, 0.4) is 0 Å². The molecule has 0 saturated heterocycles. The first-order chi connectivity index (χ1) is 7.61. The molecule has 0 aliphatic heterocycles. The zero-order chi connectivity index (χ0) is 11.7. The Morgan fingerprint density at radius 3 is 2.88 bits per heavy atom. The minimum absolute atomic E-state index is 0.0911. The normalized spacial score (nSPS) is 10.7. The Labute approximate surface area is 98.2 Å². The molecule has 1 heterocycles. The number of phenols is 1. The van der Waals surface area contributed by atoms with Crippen molar-refractivity contribution < 1.29 is 14.0 Å². The van der Waals surface area contributed by atoms with Gasteiger partial charge in [0.15, 0.2) is 0 Å². The maximum absolute atomic E-state index is 13.5. The number of rotatable bonds is 2. The van der Waals surface area contributed by atoms with Crippen LogP contribution in [0, 0.1) is 5.82 Å². The first-order valence-corrected chi connectivity index (χ1v) is 5.12. The van der Waals surface area contributed by atoms with E-state index in [-0.39, 0.29) is 29.6 Å². The fraction of sp³-hybridized carbons (Fsp3) is 0.111. The molecule has 0 atom stereocenters. The molecule has 3 N–H and O–H groups in total. The summed E-state index contributed by atoms with van der Waals surface area (Å²) in [6.07, 6.45) is 0. The van der Waals surface area contributed by atoms with Gasteiger partial charge in [-0.15, -0.1) is 0 Å². The molecule has 84 valence electrons. The van der Waals surface area contributed by atoms with Gasteiger partial charge in [0.05, 0.1) is 16.6 Å². The average Bonchev–Trinajstić information content (AvgIpc) is 2.71. The molecule has 2 aromatic rings. The van der Waals surface area contributed by atoms with E-state index < -0.39 is 5.82 Å². The van der Waals surface area contributed by atoms with Crippen LogP contribution in [0.5, 0.6) is 5.75 Å². The Bertz CT molecular complexity index is 529. The molecule has 5 nitrogen and oxygen atoms in total. The van der Waals surface area contributed by atoms with Crippen molar-refractivity contribution in [3.63, 3.8) is 0 Å². The summed E-state index contributed by atoms with van der Waals surface area (Å²) in [6.45, 7) is 0.0911. The molecule has 0 amide bonds. The molecule has 0 fully saturated rings. The van der Waals surface area contributed by atoms with Crippen LogP contribution < -0.4 is 5.73 Å². The van der Waals surface area contributed by atoms with Crippen molar-refractivity contribution >= 4 is 15.9 Å². The van der Waals surface area contributed by atoms with Gasteiger partial charge < -0.3 is 15.4 Å². The standard InChI is InChI=1S/C9H7BrFN3O2/c10-5-1-4(6(11)2-7(5)15)9-13-8(3-12)16-14-9/h1-2,15H,3,12H2. The number of aromatic hydroxyl groups is 1. The van der Waals surface area contributed by atoms with E-state index in [0.29, 0.717) is 4.47 Å². The quantitative estimate of drug-likeness (QED) is 0.880. The lowest BCUT2D eigenvalue weighted by Crippen LogP contribution is -1.96. The molecule has 0 aliphatic rings. The van der Waals surface area contributed by atoms with Crippen molar-refractivity contribution in [3.8, 4) is 17.1 Å². The van der Waals surface area contributed by atoms with E-state index in [1.807, 2.05) is 0 Å². The molecule has 7 heteroatoms. The Balaban J connectivity index is 2.51. The Morgan fingerprint density at radius 1 is 1.50 bits per heavy atom. The van der Waals surface area contributed by atoms with Crippen molar-refractivity contribution in [1.82, 2.24) is 10.1 Å². The van der Waals surface area contributed by atoms with Crippen LogP contribution in [0.2, 0.25) is 0 Å². The van der Waals surface area contributed by atoms with Gasteiger partial charge in [-0.2, -0.15) is 4.98 Å². The molecule has 0 radical (unpaired) electrons. The largest absolute Gasteiger partial charge is 0.507 e. The summed E-state index contributed by atoms with van der Waals surface area (Å²) < 4.78 is 18.6. The van der Waals surface area contributed by atoms with Crippen LogP contribution in [0.1, 0.15) is 5.89 Å². The zero-order valence-corrected chi connectivity index (χ0v) is 9.53. The summed E-state index contributed by atoms with van der Waals surface area (Å²) in [5, 5.41) is 12.8. The van der Waals surface area contributed by atoms with Crippen molar-refractivity contribution in [1.29, 1.82) is 0 Å². The molecule has 0 saturated carbocycles. The van der Waals surface area contributed by atoms with E-state index in [9.17, 15) is 9.50 Å². The van der Waals surface area contributed by atoms with Crippen molar-refractivity contribution in [3.05, 3.63) is 28.3 Å². The molecular formula is C9H7BrFN3O2. The van der Waals surface area contributed by atoms with Gasteiger partial charge >= 0.3 is 0 Å². The van der Waals surface area contributed by atoms with Crippen molar-refractivity contribution in [2.24, 2.45) is 5.73 Å². The number of nitrogens with two attached hydrogens (primary N) is 1. The number of hydrogen-bond acceptors (Lipinski definition) is 5. The molecule has 0 unspecified atom stereocenters. The predicted molar refractivity (Wildman–Crippen MR) is 56.9 cm³/mol. The minimum atomic E-state index is -0.634. The highest BCUT2D eigenvalue weighted by Gasteiger charge is 2.14. The van der Waals surface area contributed by atoms with Gasteiger partial charge in [0.1, 0.15) is 11.6 Å². The van der Waals surface area contributed by atoms with Gasteiger partial charge in [-0.25, -0.2) is 4.39 Å². The van der Waals surface area contributed by atoms with Gasteiger partial charge in [0, 0.05) is 6.07 Å². The van der Waals surface area contributed by atoms with E-state index in [4.69, 9.17) is 10.3 Å². The van der Waals surface area contributed by atoms with Gasteiger partial charge in [0.2, 0.25) is 11.7 Å². The number of benzene rings is 1. The average molecular weight is 288 g/mol.